The van der Waals surface area contributed by atoms with Gasteiger partial charge in [-0.1, -0.05) is 24.3 Å². The Hall–Kier alpha value is -2.22. The van der Waals surface area contributed by atoms with Crippen LogP contribution in [0, 0.1) is 5.82 Å². The molecule has 1 fully saturated rings. The normalized spacial score (nSPS) is 20.8. The predicted molar refractivity (Wildman–Crippen MR) is 131 cm³/mol. The van der Waals surface area contributed by atoms with E-state index in [0.29, 0.717) is 17.9 Å². The van der Waals surface area contributed by atoms with Crippen LogP contribution in [0.25, 0.3) is 0 Å². The van der Waals surface area contributed by atoms with Crippen molar-refractivity contribution in [1.29, 1.82) is 0 Å². The van der Waals surface area contributed by atoms with E-state index in [4.69, 9.17) is 16.7 Å². The fraction of sp³-hybridized carbons (Fsp3) is 0.333. The highest BCUT2D eigenvalue weighted by atomic mass is 35.5. The van der Waals surface area contributed by atoms with Gasteiger partial charge in [0, 0.05) is 23.8 Å². The van der Waals surface area contributed by atoms with Gasteiger partial charge in [-0.15, -0.1) is 11.8 Å². The number of aliphatic hydroxyl groups excluding tert-OH is 1. The minimum absolute atomic E-state index is 0.0283. The molecule has 1 aromatic heterocycles. The topological polar surface area (TPSA) is 117 Å². The zero-order chi connectivity index (χ0) is 24.9. The molecule has 9 nitrogen and oxygen atoms in total. The number of allylic oxidation sites excluding steroid dienone is 1. The van der Waals surface area contributed by atoms with Crippen molar-refractivity contribution in [3.63, 3.8) is 0 Å². The van der Waals surface area contributed by atoms with E-state index < -0.39 is 34.0 Å². The second kappa shape index (κ2) is 11.5. The fourth-order valence-corrected chi connectivity index (χ4v) is 5.63. The van der Waals surface area contributed by atoms with Gasteiger partial charge < -0.3 is 10.4 Å². The average molecular weight is 530 g/mol. The molecule has 3 rings (SSSR count). The van der Waals surface area contributed by atoms with E-state index in [9.17, 15) is 17.6 Å². The van der Waals surface area contributed by atoms with Crippen LogP contribution in [0.1, 0.15) is 12.0 Å². The third kappa shape index (κ3) is 6.46. The molecule has 0 bridgehead atoms. The Bertz CT molecular complexity index is 1190. The Morgan fingerprint density at radius 3 is 2.94 bits per heavy atom. The highest BCUT2D eigenvalue weighted by Crippen LogP contribution is 2.30. The van der Waals surface area contributed by atoms with Gasteiger partial charge in [-0.25, -0.2) is 4.39 Å². The molecule has 3 N–H and O–H groups in total. The van der Waals surface area contributed by atoms with E-state index in [0.717, 1.165) is 15.9 Å². The molecule has 1 aromatic carbocycles. The fourth-order valence-electron chi connectivity index (χ4n) is 3.42. The summed E-state index contributed by atoms with van der Waals surface area (Å²) in [7, 11) is -2.64. The van der Waals surface area contributed by atoms with Crippen LogP contribution in [-0.2, 0) is 28.0 Å². The number of aliphatic hydroxyl groups is 1. The number of carbonyl (C=O) groups excluding carboxylic acids is 1. The van der Waals surface area contributed by atoms with Crippen molar-refractivity contribution in [2.75, 3.05) is 19.0 Å². The highest BCUT2D eigenvalue weighted by Gasteiger charge is 2.41. The summed E-state index contributed by atoms with van der Waals surface area (Å²) in [6.07, 6.45) is 5.96. The number of carbonyl (C=O) groups is 1. The van der Waals surface area contributed by atoms with Gasteiger partial charge in [-0.3, -0.25) is 9.48 Å². The predicted octanol–water partition coefficient (Wildman–Crippen LogP) is 2.52. The van der Waals surface area contributed by atoms with Crippen molar-refractivity contribution < 1.29 is 22.7 Å². The molecule has 0 unspecified atom stereocenters. The number of rotatable bonds is 9. The maximum atomic E-state index is 13.4. The number of anilines is 1. The molecule has 1 amide bonds. The molecule has 184 valence electrons. The molecular formula is C21H25ClFN5O4S2. The smallest absolute Gasteiger partial charge is 0.280 e. The number of thioether (sulfide) groups is 1. The average Bonchev–Trinajstić information content (AvgIpc) is 3.23. The number of hydrogen-bond acceptors (Lipinski definition) is 6. The first-order chi connectivity index (χ1) is 16.1. The standard InChI is InChI=1S/C21H25ClFN5O4S2/c1-3-33-20(7-4-14-12-24-28(13-14)8-9-29)18-11-19(27(2)34(31,32)26-18)21(30)25-15-5-6-17(23)16(22)10-15/h3,5-7,10,12-13,18-19,26,29H,1,4,8-9,11H2,2H3,(H,25,30)/b20-7-/t18-,19+/m0/s1. The summed E-state index contributed by atoms with van der Waals surface area (Å²) in [4.78, 5) is 13.7. The van der Waals surface area contributed by atoms with Crippen molar-refractivity contribution in [2.45, 2.75) is 31.5 Å². The lowest BCUT2D eigenvalue weighted by molar-refractivity contribution is -0.120. The Labute approximate surface area is 206 Å². The number of nitrogens with one attached hydrogen (secondary N) is 2. The first-order valence-electron chi connectivity index (χ1n) is 10.3. The van der Waals surface area contributed by atoms with Crippen LogP contribution in [0.15, 0.2) is 53.6 Å². The van der Waals surface area contributed by atoms with Crippen molar-refractivity contribution >= 4 is 45.2 Å². The van der Waals surface area contributed by atoms with Gasteiger partial charge in [0.1, 0.15) is 11.9 Å². The van der Waals surface area contributed by atoms with Gasteiger partial charge in [0.25, 0.3) is 10.2 Å². The third-order valence-corrected chi connectivity index (χ3v) is 7.95. The Kier molecular flexibility index (Phi) is 8.90. The van der Waals surface area contributed by atoms with Crippen molar-refractivity contribution in [3.8, 4) is 0 Å². The van der Waals surface area contributed by atoms with E-state index in [1.165, 1.54) is 30.9 Å². The van der Waals surface area contributed by atoms with Gasteiger partial charge in [0.2, 0.25) is 5.91 Å². The number of aromatic nitrogens is 2. The lowest BCUT2D eigenvalue weighted by Crippen LogP contribution is -2.59. The number of benzene rings is 1. The number of likely N-dealkylation sites (N-methyl/N-ethyl adjacent to an activating group) is 1. The van der Waals surface area contributed by atoms with Gasteiger partial charge in [0.05, 0.1) is 30.4 Å². The highest BCUT2D eigenvalue weighted by molar-refractivity contribution is 8.05. The molecule has 0 radical (unpaired) electrons. The summed E-state index contributed by atoms with van der Waals surface area (Å²) >= 11 is 7.04. The van der Waals surface area contributed by atoms with Crippen LogP contribution >= 0.6 is 23.4 Å². The molecule has 2 atom stereocenters. The van der Waals surface area contributed by atoms with E-state index in [2.05, 4.69) is 21.7 Å². The van der Waals surface area contributed by atoms with Crippen LogP contribution in [0.2, 0.25) is 5.02 Å². The van der Waals surface area contributed by atoms with Crippen molar-refractivity contribution in [3.05, 3.63) is 70.0 Å². The molecule has 34 heavy (non-hydrogen) atoms. The second-order valence-corrected chi connectivity index (χ2v) is 10.7. The lowest BCUT2D eigenvalue weighted by atomic mass is 10.0. The van der Waals surface area contributed by atoms with Crippen LogP contribution in [-0.4, -0.2) is 59.3 Å². The second-order valence-electron chi connectivity index (χ2n) is 7.49. The van der Waals surface area contributed by atoms with Crippen LogP contribution in [0.3, 0.4) is 0 Å². The molecule has 1 saturated heterocycles. The minimum Gasteiger partial charge on any atom is -0.394 e. The van der Waals surface area contributed by atoms with Crippen molar-refractivity contribution in [1.82, 2.24) is 18.8 Å². The summed E-state index contributed by atoms with van der Waals surface area (Å²) in [6.45, 7) is 4.07. The van der Waals surface area contributed by atoms with Crippen LogP contribution in [0.5, 0.6) is 0 Å². The molecule has 0 spiro atoms. The molecule has 0 aliphatic carbocycles. The summed E-state index contributed by atoms with van der Waals surface area (Å²) < 4.78 is 44.2. The zero-order valence-corrected chi connectivity index (χ0v) is 20.7. The summed E-state index contributed by atoms with van der Waals surface area (Å²) in [5.41, 5.74) is 1.14. The Morgan fingerprint density at radius 1 is 1.50 bits per heavy atom. The number of amides is 1. The molecule has 2 aromatic rings. The molecule has 13 heteroatoms. The van der Waals surface area contributed by atoms with E-state index >= 15 is 0 Å². The first kappa shape index (κ1) is 26.4. The largest absolute Gasteiger partial charge is 0.394 e. The van der Waals surface area contributed by atoms with E-state index in [-0.39, 0.29) is 23.7 Å². The van der Waals surface area contributed by atoms with Gasteiger partial charge >= 0.3 is 0 Å². The maximum Gasteiger partial charge on any atom is 0.280 e. The third-order valence-electron chi connectivity index (χ3n) is 5.18. The number of nitrogens with zero attached hydrogens (tertiary/aromatic N) is 3. The molecular weight excluding hydrogens is 505 g/mol. The number of hydrogen-bond donors (Lipinski definition) is 3. The Balaban J connectivity index is 1.80. The van der Waals surface area contributed by atoms with Gasteiger partial charge in [-0.2, -0.15) is 22.5 Å². The van der Waals surface area contributed by atoms with Gasteiger partial charge in [-0.05, 0) is 42.0 Å². The molecule has 1 aliphatic rings. The monoisotopic (exact) mass is 529 g/mol. The van der Waals surface area contributed by atoms with Crippen molar-refractivity contribution in [2.24, 2.45) is 0 Å². The molecule has 2 heterocycles. The van der Waals surface area contributed by atoms with Crippen LogP contribution in [0.4, 0.5) is 10.1 Å². The quantitative estimate of drug-likeness (QED) is 0.459. The zero-order valence-electron chi connectivity index (χ0n) is 18.3. The Morgan fingerprint density at radius 2 is 2.26 bits per heavy atom. The molecule has 0 saturated carbocycles. The SMILES string of the molecule is C=CS/C(=C\Cc1cnn(CCO)c1)[C@@H]1C[C@H](C(=O)Nc2ccc(F)c(Cl)c2)N(C)S(=O)(=O)N1. The number of halogens is 2. The lowest BCUT2D eigenvalue weighted by Gasteiger charge is -2.36. The van der Waals surface area contributed by atoms with Crippen LogP contribution < -0.4 is 10.0 Å². The molecule has 1 aliphatic heterocycles. The summed E-state index contributed by atoms with van der Waals surface area (Å²) in [5, 5.41) is 17.2. The first-order valence-corrected chi connectivity index (χ1v) is 13.0. The summed E-state index contributed by atoms with van der Waals surface area (Å²) in [5.74, 6) is -1.19. The maximum absolute atomic E-state index is 13.4. The van der Waals surface area contributed by atoms with E-state index in [1.807, 2.05) is 6.08 Å². The summed E-state index contributed by atoms with van der Waals surface area (Å²) in [6, 6.07) is 2.05. The minimum atomic E-state index is -3.96. The van der Waals surface area contributed by atoms with Gasteiger partial charge in [0.15, 0.2) is 0 Å². The van der Waals surface area contributed by atoms with E-state index in [1.54, 1.807) is 22.5 Å².